The van der Waals surface area contributed by atoms with Crippen LogP contribution < -0.4 is 5.32 Å². The van der Waals surface area contributed by atoms with Gasteiger partial charge in [0.2, 0.25) is 0 Å². The summed E-state index contributed by atoms with van der Waals surface area (Å²) in [6.45, 7) is 0.523. The number of alkyl halides is 3. The molecule has 8 heteroatoms. The minimum Gasteiger partial charge on any atom is -0.383 e. The summed E-state index contributed by atoms with van der Waals surface area (Å²) in [5.74, 6) is 0. The van der Waals surface area contributed by atoms with Gasteiger partial charge >= 0.3 is 6.18 Å². The second-order valence-corrected chi connectivity index (χ2v) is 4.45. The van der Waals surface area contributed by atoms with Crippen LogP contribution >= 0.6 is 11.3 Å². The first kappa shape index (κ1) is 15.4. The van der Waals surface area contributed by atoms with Crippen LogP contribution in [0, 0.1) is 0 Å². The van der Waals surface area contributed by atoms with Gasteiger partial charge in [-0.1, -0.05) is 0 Å². The molecule has 0 saturated heterocycles. The Morgan fingerprint density at radius 2 is 2.22 bits per heavy atom. The number of nitrogens with one attached hydrogen (secondary N) is 1. The molecule has 1 heterocycles. The lowest BCUT2D eigenvalue weighted by molar-refractivity contribution is -0.176. The predicted octanol–water partition coefficient (Wildman–Crippen LogP) is 1.96. The summed E-state index contributed by atoms with van der Waals surface area (Å²) in [5.41, 5.74) is 0.793. The van der Waals surface area contributed by atoms with Gasteiger partial charge in [0, 0.05) is 25.6 Å². The number of aromatic nitrogens is 1. The predicted molar refractivity (Wildman–Crippen MR) is 61.4 cm³/mol. The topological polar surface area (TPSA) is 43.4 Å². The Labute approximate surface area is 107 Å². The van der Waals surface area contributed by atoms with Crippen LogP contribution in [-0.2, 0) is 22.6 Å². The summed E-state index contributed by atoms with van der Waals surface area (Å²) < 4.78 is 44.9. The third kappa shape index (κ3) is 6.90. The molecule has 0 aliphatic rings. The standard InChI is InChI=1S/C10H15F3N2O2S/c1-16-3-2-14-4-8-6-18-9(15-8)5-17-7-10(11,12)13/h6,14H,2-5,7H2,1H3. The summed E-state index contributed by atoms with van der Waals surface area (Å²) in [6, 6.07) is 0. The molecule has 0 saturated carbocycles. The van der Waals surface area contributed by atoms with E-state index in [0.717, 1.165) is 5.69 Å². The van der Waals surface area contributed by atoms with E-state index in [0.29, 0.717) is 24.7 Å². The first-order valence-electron chi connectivity index (χ1n) is 5.28. The van der Waals surface area contributed by atoms with Crippen LogP contribution in [0.3, 0.4) is 0 Å². The van der Waals surface area contributed by atoms with Crippen LogP contribution in [0.2, 0.25) is 0 Å². The van der Waals surface area contributed by atoms with Crippen molar-refractivity contribution in [2.24, 2.45) is 0 Å². The van der Waals surface area contributed by atoms with E-state index in [9.17, 15) is 13.2 Å². The van der Waals surface area contributed by atoms with Crippen LogP contribution in [0.15, 0.2) is 5.38 Å². The zero-order chi connectivity index (χ0) is 13.4. The summed E-state index contributed by atoms with van der Waals surface area (Å²) >= 11 is 1.29. The number of rotatable bonds is 8. The lowest BCUT2D eigenvalue weighted by Crippen LogP contribution is -2.18. The van der Waals surface area contributed by atoms with Crippen molar-refractivity contribution in [3.63, 3.8) is 0 Å². The number of halogens is 3. The molecule has 0 amide bonds. The van der Waals surface area contributed by atoms with Crippen molar-refractivity contribution in [3.05, 3.63) is 16.1 Å². The third-order valence-corrected chi connectivity index (χ3v) is 2.75. The highest BCUT2D eigenvalue weighted by molar-refractivity contribution is 7.09. The Balaban J connectivity index is 2.21. The molecule has 104 valence electrons. The maximum atomic E-state index is 11.8. The molecule has 18 heavy (non-hydrogen) atoms. The number of nitrogens with zero attached hydrogens (tertiary/aromatic N) is 1. The van der Waals surface area contributed by atoms with Gasteiger partial charge in [0.05, 0.1) is 18.9 Å². The maximum Gasteiger partial charge on any atom is 0.411 e. The Hall–Kier alpha value is -0.700. The molecule has 0 spiro atoms. The van der Waals surface area contributed by atoms with Crippen LogP contribution in [0.4, 0.5) is 13.2 Å². The van der Waals surface area contributed by atoms with E-state index in [4.69, 9.17) is 4.74 Å². The van der Waals surface area contributed by atoms with E-state index in [1.165, 1.54) is 11.3 Å². The van der Waals surface area contributed by atoms with Crippen molar-refractivity contribution in [2.75, 3.05) is 26.9 Å². The minimum absolute atomic E-state index is 0.109. The van der Waals surface area contributed by atoms with Gasteiger partial charge in [0.25, 0.3) is 0 Å². The molecule has 1 aromatic heterocycles. The SMILES string of the molecule is COCCNCc1csc(COCC(F)(F)F)n1. The van der Waals surface area contributed by atoms with Crippen molar-refractivity contribution in [1.82, 2.24) is 10.3 Å². The zero-order valence-corrected chi connectivity index (χ0v) is 10.7. The second-order valence-electron chi connectivity index (χ2n) is 3.51. The average Bonchev–Trinajstić information content (AvgIpc) is 2.71. The van der Waals surface area contributed by atoms with Gasteiger partial charge in [0.15, 0.2) is 0 Å². The van der Waals surface area contributed by atoms with E-state index in [1.54, 1.807) is 12.5 Å². The van der Waals surface area contributed by atoms with E-state index < -0.39 is 12.8 Å². The molecule has 0 fully saturated rings. The lowest BCUT2D eigenvalue weighted by Gasteiger charge is -2.05. The normalized spacial score (nSPS) is 12.0. The minimum atomic E-state index is -4.29. The van der Waals surface area contributed by atoms with Gasteiger partial charge in [-0.15, -0.1) is 11.3 Å². The summed E-state index contributed by atoms with van der Waals surface area (Å²) in [5, 5.41) is 5.44. The summed E-state index contributed by atoms with van der Waals surface area (Å²) in [4.78, 5) is 4.15. The van der Waals surface area contributed by atoms with Crippen molar-refractivity contribution < 1.29 is 22.6 Å². The first-order chi connectivity index (χ1) is 8.51. The molecule has 0 radical (unpaired) electrons. The molecular weight excluding hydrogens is 269 g/mol. The fourth-order valence-electron chi connectivity index (χ4n) is 1.14. The highest BCUT2D eigenvalue weighted by Crippen LogP contribution is 2.17. The molecule has 0 bridgehead atoms. The van der Waals surface area contributed by atoms with E-state index in [1.807, 2.05) is 0 Å². The molecule has 0 aliphatic carbocycles. The Kier molecular flexibility index (Phi) is 6.55. The fraction of sp³-hybridized carbons (Fsp3) is 0.700. The van der Waals surface area contributed by atoms with Gasteiger partial charge in [-0.3, -0.25) is 0 Å². The first-order valence-corrected chi connectivity index (χ1v) is 6.16. The van der Waals surface area contributed by atoms with Crippen LogP contribution in [0.1, 0.15) is 10.7 Å². The molecule has 0 aromatic carbocycles. The fourth-order valence-corrected chi connectivity index (χ4v) is 1.87. The number of ether oxygens (including phenoxy) is 2. The number of hydrogen-bond acceptors (Lipinski definition) is 5. The van der Waals surface area contributed by atoms with E-state index >= 15 is 0 Å². The summed E-state index contributed by atoms with van der Waals surface area (Å²) in [6.07, 6.45) is -4.29. The second kappa shape index (κ2) is 7.67. The molecule has 1 N–H and O–H groups in total. The van der Waals surface area contributed by atoms with Crippen LogP contribution in [-0.4, -0.2) is 38.0 Å². The molecule has 1 aromatic rings. The molecule has 0 unspecified atom stereocenters. The largest absolute Gasteiger partial charge is 0.411 e. The molecule has 0 atom stereocenters. The maximum absolute atomic E-state index is 11.8. The molecular formula is C10H15F3N2O2S. The highest BCUT2D eigenvalue weighted by atomic mass is 32.1. The number of thiazole rings is 1. The van der Waals surface area contributed by atoms with Gasteiger partial charge in [0.1, 0.15) is 11.6 Å². The number of hydrogen-bond donors (Lipinski definition) is 1. The van der Waals surface area contributed by atoms with Crippen molar-refractivity contribution >= 4 is 11.3 Å². The van der Waals surface area contributed by atoms with Crippen molar-refractivity contribution in [2.45, 2.75) is 19.3 Å². The summed E-state index contributed by atoms with van der Waals surface area (Å²) in [7, 11) is 1.61. The average molecular weight is 284 g/mol. The molecule has 1 rings (SSSR count). The Morgan fingerprint density at radius 3 is 2.89 bits per heavy atom. The highest BCUT2D eigenvalue weighted by Gasteiger charge is 2.27. The Bertz CT molecular complexity index is 344. The number of methoxy groups -OCH3 is 1. The van der Waals surface area contributed by atoms with Crippen LogP contribution in [0.25, 0.3) is 0 Å². The third-order valence-electron chi connectivity index (χ3n) is 1.88. The lowest BCUT2D eigenvalue weighted by atomic mass is 10.5. The van der Waals surface area contributed by atoms with E-state index in [2.05, 4.69) is 15.0 Å². The van der Waals surface area contributed by atoms with Crippen molar-refractivity contribution in [1.29, 1.82) is 0 Å². The monoisotopic (exact) mass is 284 g/mol. The van der Waals surface area contributed by atoms with Gasteiger partial charge in [-0.2, -0.15) is 13.2 Å². The van der Waals surface area contributed by atoms with Crippen LogP contribution in [0.5, 0.6) is 0 Å². The quantitative estimate of drug-likeness (QED) is 0.741. The molecule has 0 aliphatic heterocycles. The van der Waals surface area contributed by atoms with E-state index in [-0.39, 0.29) is 6.61 Å². The van der Waals surface area contributed by atoms with Crippen molar-refractivity contribution in [3.8, 4) is 0 Å². The van der Waals surface area contributed by atoms with Gasteiger partial charge < -0.3 is 14.8 Å². The van der Waals surface area contributed by atoms with Gasteiger partial charge in [-0.05, 0) is 0 Å². The van der Waals surface area contributed by atoms with Gasteiger partial charge in [-0.25, -0.2) is 4.98 Å². The smallest absolute Gasteiger partial charge is 0.383 e. The zero-order valence-electron chi connectivity index (χ0n) is 9.92. The molecule has 4 nitrogen and oxygen atoms in total. The Morgan fingerprint density at radius 1 is 1.44 bits per heavy atom.